The summed E-state index contributed by atoms with van der Waals surface area (Å²) in [6.07, 6.45) is 6.50. The van der Waals surface area contributed by atoms with Gasteiger partial charge in [0.2, 0.25) is 11.8 Å². The summed E-state index contributed by atoms with van der Waals surface area (Å²) in [6, 6.07) is 15.7. The number of hydrogen-bond donors (Lipinski definition) is 3. The van der Waals surface area contributed by atoms with Gasteiger partial charge in [-0.2, -0.15) is 9.97 Å². The molecule has 7 heteroatoms. The number of rotatable bonds is 5. The number of anilines is 2. The Morgan fingerprint density at radius 3 is 2.84 bits per heavy atom. The Bertz CT molecular complexity index is 1220. The van der Waals surface area contributed by atoms with E-state index in [-0.39, 0.29) is 11.9 Å². The number of aromatic amines is 1. The molecule has 1 amide bonds. The van der Waals surface area contributed by atoms with Crippen molar-refractivity contribution in [2.75, 3.05) is 17.2 Å². The van der Waals surface area contributed by atoms with Crippen molar-refractivity contribution in [1.29, 1.82) is 0 Å². The monoisotopic (exact) mass is 413 g/mol. The zero-order valence-electron chi connectivity index (χ0n) is 17.0. The second-order valence-corrected chi connectivity index (χ2v) is 7.54. The van der Waals surface area contributed by atoms with Gasteiger partial charge in [0.25, 0.3) is 5.91 Å². The highest BCUT2D eigenvalue weighted by Crippen LogP contribution is 2.30. The van der Waals surface area contributed by atoms with E-state index < -0.39 is 0 Å². The van der Waals surface area contributed by atoms with Crippen molar-refractivity contribution in [2.45, 2.75) is 25.8 Å². The van der Waals surface area contributed by atoms with Crippen molar-refractivity contribution in [1.82, 2.24) is 15.0 Å². The van der Waals surface area contributed by atoms with Crippen LogP contribution in [0.3, 0.4) is 0 Å². The third-order valence-electron chi connectivity index (χ3n) is 5.41. The van der Waals surface area contributed by atoms with E-state index in [9.17, 15) is 4.79 Å². The minimum Gasteiger partial charge on any atom is -0.477 e. The first-order valence-electron chi connectivity index (χ1n) is 10.5. The molecule has 0 fully saturated rings. The van der Waals surface area contributed by atoms with Crippen molar-refractivity contribution in [2.24, 2.45) is 0 Å². The van der Waals surface area contributed by atoms with E-state index in [1.165, 1.54) is 0 Å². The van der Waals surface area contributed by atoms with Crippen LogP contribution in [0.4, 0.5) is 11.8 Å². The van der Waals surface area contributed by atoms with Crippen LogP contribution in [-0.4, -0.2) is 27.5 Å². The zero-order chi connectivity index (χ0) is 21.0. The van der Waals surface area contributed by atoms with E-state index in [4.69, 9.17) is 4.74 Å². The van der Waals surface area contributed by atoms with Crippen LogP contribution in [0.5, 0.6) is 5.88 Å². The van der Waals surface area contributed by atoms with Crippen LogP contribution in [0.25, 0.3) is 10.8 Å². The Morgan fingerprint density at radius 2 is 1.94 bits per heavy atom. The van der Waals surface area contributed by atoms with Crippen molar-refractivity contribution in [3.05, 3.63) is 77.6 Å². The van der Waals surface area contributed by atoms with Crippen molar-refractivity contribution in [3.63, 3.8) is 0 Å². The van der Waals surface area contributed by atoms with Gasteiger partial charge in [0.15, 0.2) is 0 Å². The fraction of sp³-hybridized carbons (Fsp3) is 0.208. The summed E-state index contributed by atoms with van der Waals surface area (Å²) in [5.74, 6) is 1.21. The molecule has 1 aliphatic rings. The van der Waals surface area contributed by atoms with E-state index in [1.54, 1.807) is 6.07 Å². The Hall–Kier alpha value is -3.87. The average Bonchev–Trinajstić information content (AvgIpc) is 3.16. The maximum atomic E-state index is 13.0. The van der Waals surface area contributed by atoms with Crippen LogP contribution in [0.15, 0.2) is 60.9 Å². The highest BCUT2D eigenvalue weighted by Gasteiger charge is 2.20. The molecule has 0 atom stereocenters. The summed E-state index contributed by atoms with van der Waals surface area (Å²) in [7, 11) is 0. The second-order valence-electron chi connectivity index (χ2n) is 7.54. The third-order valence-corrected chi connectivity index (χ3v) is 5.41. The molecular formula is C24H23N5O2. The fourth-order valence-electron chi connectivity index (χ4n) is 3.82. The van der Waals surface area contributed by atoms with Crippen LogP contribution >= 0.6 is 0 Å². The van der Waals surface area contributed by atoms with Crippen LogP contribution < -0.4 is 15.4 Å². The lowest BCUT2D eigenvalue weighted by Crippen LogP contribution is -2.17. The van der Waals surface area contributed by atoms with Crippen molar-refractivity contribution < 1.29 is 9.53 Å². The van der Waals surface area contributed by atoms with E-state index in [0.29, 0.717) is 30.4 Å². The fourth-order valence-corrected chi connectivity index (χ4v) is 3.82. The Balaban J connectivity index is 1.44. The molecule has 4 aromatic rings. The van der Waals surface area contributed by atoms with E-state index in [1.807, 2.05) is 42.7 Å². The summed E-state index contributed by atoms with van der Waals surface area (Å²) in [4.78, 5) is 25.2. The first-order valence-corrected chi connectivity index (χ1v) is 10.5. The molecule has 2 aromatic heterocycles. The predicted octanol–water partition coefficient (Wildman–Crippen LogP) is 4.54. The lowest BCUT2D eigenvalue weighted by atomic mass is 10.1. The summed E-state index contributed by atoms with van der Waals surface area (Å²) in [5, 5.41) is 8.09. The molecular weight excluding hydrogens is 390 g/mol. The third kappa shape index (κ3) is 4.07. The van der Waals surface area contributed by atoms with E-state index in [2.05, 4.69) is 37.7 Å². The number of fused-ring (bicyclic) bond motifs is 2. The maximum absolute atomic E-state index is 13.0. The number of hydrogen-bond acceptors (Lipinski definition) is 5. The molecule has 1 aliphatic heterocycles. The van der Waals surface area contributed by atoms with Gasteiger partial charge in [-0.15, -0.1) is 0 Å². The molecule has 3 heterocycles. The summed E-state index contributed by atoms with van der Waals surface area (Å²) in [6.45, 7) is 1.23. The smallest absolute Gasteiger partial charge is 0.258 e. The van der Waals surface area contributed by atoms with Crippen LogP contribution in [0, 0.1) is 0 Å². The minimum atomic E-state index is -0.257. The predicted molar refractivity (Wildman–Crippen MR) is 120 cm³/mol. The SMILES string of the molecule is O=C(Nc1nc(NCc2ccccc2)c2c(n1)OCCCC2)c1cccc2c[nH]cc12. The van der Waals surface area contributed by atoms with Gasteiger partial charge in [0.05, 0.1) is 12.2 Å². The molecule has 2 aromatic carbocycles. The molecule has 31 heavy (non-hydrogen) atoms. The molecule has 7 nitrogen and oxygen atoms in total. The number of benzene rings is 2. The number of carbonyl (C=O) groups excluding carboxylic acids is 1. The molecule has 0 bridgehead atoms. The largest absolute Gasteiger partial charge is 0.477 e. The standard InChI is InChI=1S/C24H23N5O2/c30-22(18-11-6-9-17-14-25-15-20(17)18)28-24-27-21(26-13-16-7-2-1-3-8-16)19-10-4-5-12-31-23(19)29-24/h1-3,6-9,11,14-15,25H,4-5,10,12-13H2,(H2,26,27,28,29,30). The lowest BCUT2D eigenvalue weighted by molar-refractivity contribution is 0.102. The minimum absolute atomic E-state index is 0.230. The Kier molecular flexibility index (Phi) is 5.22. The number of carbonyl (C=O) groups is 1. The van der Waals surface area contributed by atoms with E-state index in [0.717, 1.165) is 41.2 Å². The maximum Gasteiger partial charge on any atom is 0.258 e. The second kappa shape index (κ2) is 8.47. The van der Waals surface area contributed by atoms with Gasteiger partial charge in [0.1, 0.15) is 5.82 Å². The molecule has 0 aliphatic carbocycles. The highest BCUT2D eigenvalue weighted by atomic mass is 16.5. The quantitative estimate of drug-likeness (QED) is 0.447. The van der Waals surface area contributed by atoms with E-state index >= 15 is 0 Å². The summed E-state index contributed by atoms with van der Waals surface area (Å²) in [5.41, 5.74) is 2.67. The lowest BCUT2D eigenvalue weighted by Gasteiger charge is -2.15. The first-order chi connectivity index (χ1) is 15.3. The van der Waals surface area contributed by atoms with Gasteiger partial charge in [-0.1, -0.05) is 42.5 Å². The van der Waals surface area contributed by atoms with Gasteiger partial charge >= 0.3 is 0 Å². The van der Waals surface area contributed by atoms with Gasteiger partial charge < -0.3 is 15.0 Å². The number of ether oxygens (including phenoxy) is 1. The normalized spacial score (nSPS) is 13.2. The molecule has 0 unspecified atom stereocenters. The molecule has 3 N–H and O–H groups in total. The van der Waals surface area contributed by atoms with Gasteiger partial charge in [0, 0.05) is 29.9 Å². The topological polar surface area (TPSA) is 91.9 Å². The number of aromatic nitrogens is 3. The number of nitrogens with zero attached hydrogens (tertiary/aromatic N) is 2. The molecule has 0 saturated heterocycles. The van der Waals surface area contributed by atoms with Crippen LogP contribution in [0.1, 0.15) is 34.3 Å². The van der Waals surface area contributed by atoms with Gasteiger partial charge in [-0.25, -0.2) is 0 Å². The van der Waals surface area contributed by atoms with Gasteiger partial charge in [-0.05, 0) is 36.3 Å². The molecule has 0 saturated carbocycles. The summed E-state index contributed by atoms with van der Waals surface area (Å²) >= 11 is 0. The summed E-state index contributed by atoms with van der Waals surface area (Å²) < 4.78 is 5.88. The Labute approximate surface area is 179 Å². The zero-order valence-corrected chi connectivity index (χ0v) is 17.0. The average molecular weight is 413 g/mol. The van der Waals surface area contributed by atoms with Crippen LogP contribution in [-0.2, 0) is 13.0 Å². The van der Waals surface area contributed by atoms with Gasteiger partial charge in [-0.3, -0.25) is 10.1 Å². The molecule has 156 valence electrons. The number of amides is 1. The van der Waals surface area contributed by atoms with Crippen LogP contribution in [0.2, 0.25) is 0 Å². The number of nitrogens with one attached hydrogen (secondary N) is 3. The first kappa shape index (κ1) is 19.1. The highest BCUT2D eigenvalue weighted by molar-refractivity contribution is 6.12. The van der Waals surface area contributed by atoms with Crippen molar-refractivity contribution in [3.8, 4) is 5.88 Å². The number of H-pyrrole nitrogens is 1. The molecule has 0 spiro atoms. The molecule has 0 radical (unpaired) electrons. The van der Waals surface area contributed by atoms with Crippen molar-refractivity contribution >= 4 is 28.4 Å². The molecule has 5 rings (SSSR count). The Morgan fingerprint density at radius 1 is 1.03 bits per heavy atom.